The van der Waals surface area contributed by atoms with Gasteiger partial charge in [-0.1, -0.05) is 0 Å². The molecule has 1 aliphatic heterocycles. The summed E-state index contributed by atoms with van der Waals surface area (Å²) in [5.74, 6) is 0.693. The summed E-state index contributed by atoms with van der Waals surface area (Å²) in [5, 5.41) is 7.86. The van der Waals surface area contributed by atoms with E-state index in [1.807, 2.05) is 0 Å². The number of hydrogen-bond acceptors (Lipinski definition) is 3. The Labute approximate surface area is 102 Å². The van der Waals surface area contributed by atoms with Gasteiger partial charge in [-0.25, -0.2) is 0 Å². The molecule has 0 radical (unpaired) electrons. The lowest BCUT2D eigenvalue weighted by Crippen LogP contribution is -2.34. The highest BCUT2D eigenvalue weighted by atomic mass is 32.1. The zero-order valence-corrected chi connectivity index (χ0v) is 10.9. The molecule has 3 atom stereocenters. The van der Waals surface area contributed by atoms with E-state index in [4.69, 9.17) is 4.74 Å². The fourth-order valence-corrected chi connectivity index (χ4v) is 3.21. The quantitative estimate of drug-likeness (QED) is 0.853. The van der Waals surface area contributed by atoms with Gasteiger partial charge in [-0.15, -0.1) is 0 Å². The number of ether oxygens (including phenoxy) is 1. The van der Waals surface area contributed by atoms with Crippen molar-refractivity contribution in [3.05, 3.63) is 22.4 Å². The largest absolute Gasteiger partial charge is 0.378 e. The maximum absolute atomic E-state index is 5.65. The number of aryl methyl sites for hydroxylation is 1. The standard InChI is InChI=1S/C13H21NOS/c1-10-7-12(8-15-10)13(14-2)4-3-11-5-6-16-9-11/h5-6,9-10,12-14H,3-4,7-8H2,1-2H3. The summed E-state index contributed by atoms with van der Waals surface area (Å²) in [6.45, 7) is 3.10. The van der Waals surface area contributed by atoms with Crippen molar-refractivity contribution in [1.29, 1.82) is 0 Å². The maximum atomic E-state index is 5.65. The van der Waals surface area contributed by atoms with Gasteiger partial charge >= 0.3 is 0 Å². The van der Waals surface area contributed by atoms with Gasteiger partial charge in [-0.2, -0.15) is 11.3 Å². The van der Waals surface area contributed by atoms with Crippen molar-refractivity contribution >= 4 is 11.3 Å². The molecule has 0 spiro atoms. The molecule has 2 heterocycles. The molecule has 3 unspecified atom stereocenters. The van der Waals surface area contributed by atoms with E-state index in [1.54, 1.807) is 11.3 Å². The Morgan fingerprint density at radius 3 is 3.06 bits per heavy atom. The summed E-state index contributed by atoms with van der Waals surface area (Å²) >= 11 is 1.79. The van der Waals surface area contributed by atoms with Crippen molar-refractivity contribution in [2.24, 2.45) is 5.92 Å². The molecule has 0 amide bonds. The number of thiophene rings is 1. The Hall–Kier alpha value is -0.380. The molecule has 0 aromatic carbocycles. The Kier molecular flexibility index (Phi) is 4.38. The van der Waals surface area contributed by atoms with Gasteiger partial charge in [0.15, 0.2) is 0 Å². The van der Waals surface area contributed by atoms with Gasteiger partial charge in [-0.3, -0.25) is 0 Å². The molecule has 2 rings (SSSR count). The molecule has 0 aliphatic carbocycles. The highest BCUT2D eigenvalue weighted by molar-refractivity contribution is 7.07. The zero-order chi connectivity index (χ0) is 11.4. The molecule has 1 aromatic rings. The summed E-state index contributed by atoms with van der Waals surface area (Å²) in [5.41, 5.74) is 1.47. The van der Waals surface area contributed by atoms with Gasteiger partial charge in [0.25, 0.3) is 0 Å². The normalized spacial score (nSPS) is 27.1. The van der Waals surface area contributed by atoms with Crippen LogP contribution in [0.2, 0.25) is 0 Å². The first-order valence-electron chi connectivity index (χ1n) is 6.09. The van der Waals surface area contributed by atoms with E-state index in [2.05, 4.69) is 36.1 Å². The van der Waals surface area contributed by atoms with E-state index in [0.717, 1.165) is 6.61 Å². The van der Waals surface area contributed by atoms with Gasteiger partial charge < -0.3 is 10.1 Å². The third-order valence-electron chi connectivity index (χ3n) is 3.49. The van der Waals surface area contributed by atoms with Crippen LogP contribution in [0.1, 0.15) is 25.3 Å². The predicted octanol–water partition coefficient (Wildman–Crippen LogP) is 2.69. The lowest BCUT2D eigenvalue weighted by Gasteiger charge is -2.21. The summed E-state index contributed by atoms with van der Waals surface area (Å²) in [6, 6.07) is 2.83. The van der Waals surface area contributed by atoms with Gasteiger partial charge in [0, 0.05) is 12.0 Å². The van der Waals surface area contributed by atoms with Crippen molar-refractivity contribution in [1.82, 2.24) is 5.32 Å². The first-order chi connectivity index (χ1) is 7.79. The topological polar surface area (TPSA) is 21.3 Å². The second kappa shape index (κ2) is 5.80. The molecular formula is C13H21NOS. The van der Waals surface area contributed by atoms with Crippen LogP contribution in [0, 0.1) is 5.92 Å². The van der Waals surface area contributed by atoms with E-state index in [9.17, 15) is 0 Å². The molecular weight excluding hydrogens is 218 g/mol. The third-order valence-corrected chi connectivity index (χ3v) is 4.23. The van der Waals surface area contributed by atoms with E-state index < -0.39 is 0 Å². The summed E-state index contributed by atoms with van der Waals surface area (Å²) in [7, 11) is 2.07. The Bertz CT molecular complexity index is 299. The third kappa shape index (κ3) is 3.06. The maximum Gasteiger partial charge on any atom is 0.0551 e. The van der Waals surface area contributed by atoms with Crippen molar-refractivity contribution in [2.45, 2.75) is 38.3 Å². The number of rotatable bonds is 5. The second-order valence-corrected chi connectivity index (χ2v) is 5.49. The highest BCUT2D eigenvalue weighted by Crippen LogP contribution is 2.24. The van der Waals surface area contributed by atoms with Crippen LogP contribution in [-0.2, 0) is 11.2 Å². The molecule has 90 valence electrons. The van der Waals surface area contributed by atoms with Gasteiger partial charge in [0.05, 0.1) is 12.7 Å². The Morgan fingerprint density at radius 2 is 2.50 bits per heavy atom. The monoisotopic (exact) mass is 239 g/mol. The highest BCUT2D eigenvalue weighted by Gasteiger charge is 2.28. The van der Waals surface area contributed by atoms with E-state index in [-0.39, 0.29) is 0 Å². The predicted molar refractivity (Wildman–Crippen MR) is 69.0 cm³/mol. The first-order valence-corrected chi connectivity index (χ1v) is 7.04. The van der Waals surface area contributed by atoms with E-state index in [0.29, 0.717) is 18.1 Å². The molecule has 1 saturated heterocycles. The molecule has 0 bridgehead atoms. The minimum atomic E-state index is 0.446. The van der Waals surface area contributed by atoms with Crippen LogP contribution < -0.4 is 5.32 Å². The SMILES string of the molecule is CNC(CCc1ccsc1)C1COC(C)C1. The summed E-state index contributed by atoms with van der Waals surface area (Å²) < 4.78 is 5.65. The van der Waals surface area contributed by atoms with E-state index >= 15 is 0 Å². The van der Waals surface area contributed by atoms with Crippen LogP contribution in [0.15, 0.2) is 16.8 Å². The fourth-order valence-electron chi connectivity index (χ4n) is 2.50. The molecule has 1 fully saturated rings. The van der Waals surface area contributed by atoms with Crippen molar-refractivity contribution in [3.8, 4) is 0 Å². The van der Waals surface area contributed by atoms with Crippen LogP contribution >= 0.6 is 11.3 Å². The fraction of sp³-hybridized carbons (Fsp3) is 0.692. The molecule has 3 heteroatoms. The average molecular weight is 239 g/mol. The lowest BCUT2D eigenvalue weighted by molar-refractivity contribution is 0.117. The molecule has 1 aliphatic rings. The zero-order valence-electron chi connectivity index (χ0n) is 10.1. The second-order valence-electron chi connectivity index (χ2n) is 4.71. The number of nitrogens with one attached hydrogen (secondary N) is 1. The molecule has 1 aromatic heterocycles. The van der Waals surface area contributed by atoms with Gasteiger partial charge in [0.1, 0.15) is 0 Å². The van der Waals surface area contributed by atoms with Crippen LogP contribution in [-0.4, -0.2) is 25.8 Å². The van der Waals surface area contributed by atoms with Gasteiger partial charge in [0.2, 0.25) is 0 Å². The Balaban J connectivity index is 1.81. The van der Waals surface area contributed by atoms with Crippen LogP contribution in [0.5, 0.6) is 0 Å². The molecule has 0 saturated carbocycles. The summed E-state index contributed by atoms with van der Waals surface area (Å²) in [4.78, 5) is 0. The molecule has 16 heavy (non-hydrogen) atoms. The average Bonchev–Trinajstić information content (AvgIpc) is 2.91. The van der Waals surface area contributed by atoms with Crippen LogP contribution in [0.3, 0.4) is 0 Å². The van der Waals surface area contributed by atoms with Crippen molar-refractivity contribution in [2.75, 3.05) is 13.7 Å². The van der Waals surface area contributed by atoms with Gasteiger partial charge in [-0.05, 0) is 55.6 Å². The smallest absolute Gasteiger partial charge is 0.0551 e. The van der Waals surface area contributed by atoms with Crippen LogP contribution in [0.4, 0.5) is 0 Å². The Morgan fingerprint density at radius 1 is 1.62 bits per heavy atom. The molecule has 1 N–H and O–H groups in total. The van der Waals surface area contributed by atoms with E-state index in [1.165, 1.54) is 24.8 Å². The van der Waals surface area contributed by atoms with Crippen molar-refractivity contribution in [3.63, 3.8) is 0 Å². The first kappa shape index (κ1) is 12.1. The minimum Gasteiger partial charge on any atom is -0.378 e. The number of hydrogen-bond donors (Lipinski definition) is 1. The lowest BCUT2D eigenvalue weighted by atomic mass is 9.92. The van der Waals surface area contributed by atoms with Crippen molar-refractivity contribution < 1.29 is 4.74 Å². The minimum absolute atomic E-state index is 0.446. The molecule has 2 nitrogen and oxygen atoms in total. The van der Waals surface area contributed by atoms with Crippen LogP contribution in [0.25, 0.3) is 0 Å². The summed E-state index contributed by atoms with van der Waals surface area (Å²) in [6.07, 6.45) is 4.05.